The number of nitrogen functional groups attached to an aromatic ring is 1. The van der Waals surface area contributed by atoms with Gasteiger partial charge in [0.2, 0.25) is 0 Å². The van der Waals surface area contributed by atoms with Crippen molar-refractivity contribution in [3.8, 4) is 6.07 Å². The number of nitrogens with zero attached hydrogens (tertiary/aromatic N) is 3. The number of nitriles is 1. The molecule has 0 spiro atoms. The van der Waals surface area contributed by atoms with Gasteiger partial charge in [0.25, 0.3) is 0 Å². The number of aromatic nitrogens is 2. The minimum absolute atomic E-state index is 0.224. The molecule has 1 saturated carbocycles. The Labute approximate surface area is 95.2 Å². The van der Waals surface area contributed by atoms with Crippen LogP contribution in [-0.4, -0.2) is 15.8 Å². The summed E-state index contributed by atoms with van der Waals surface area (Å²) in [5.74, 6) is 1.11. The Morgan fingerprint density at radius 3 is 2.88 bits per heavy atom. The molecule has 16 heavy (non-hydrogen) atoms. The first-order chi connectivity index (χ1) is 7.67. The minimum atomic E-state index is 0.224. The first-order valence-electron chi connectivity index (χ1n) is 5.72. The van der Waals surface area contributed by atoms with Crippen LogP contribution >= 0.6 is 0 Å². The monoisotopic (exact) mass is 219 g/mol. The van der Waals surface area contributed by atoms with E-state index in [1.54, 1.807) is 4.68 Å². The van der Waals surface area contributed by atoms with Gasteiger partial charge < -0.3 is 11.1 Å². The molecule has 1 aliphatic rings. The molecule has 0 aliphatic heterocycles. The van der Waals surface area contributed by atoms with Crippen LogP contribution in [0.2, 0.25) is 0 Å². The maximum absolute atomic E-state index is 9.08. The van der Waals surface area contributed by atoms with E-state index in [9.17, 15) is 0 Å². The first-order valence-corrected chi connectivity index (χ1v) is 5.72. The molecule has 0 amide bonds. The highest BCUT2D eigenvalue weighted by atomic mass is 15.4. The molecule has 3 N–H and O–H groups in total. The Morgan fingerprint density at radius 1 is 1.69 bits per heavy atom. The van der Waals surface area contributed by atoms with E-state index in [1.165, 1.54) is 0 Å². The molecule has 0 bridgehead atoms. The van der Waals surface area contributed by atoms with Crippen molar-refractivity contribution in [1.82, 2.24) is 9.78 Å². The second-order valence-electron chi connectivity index (χ2n) is 4.34. The van der Waals surface area contributed by atoms with Gasteiger partial charge in [-0.1, -0.05) is 6.92 Å². The van der Waals surface area contributed by atoms with E-state index >= 15 is 0 Å². The number of hydrogen-bond donors (Lipinski definition) is 2. The average Bonchev–Trinajstić information content (AvgIpc) is 3.03. The first kappa shape index (κ1) is 10.8. The summed E-state index contributed by atoms with van der Waals surface area (Å²) in [6.07, 6.45) is 3.25. The van der Waals surface area contributed by atoms with E-state index < -0.39 is 0 Å². The molecule has 1 fully saturated rings. The van der Waals surface area contributed by atoms with Gasteiger partial charge in [0.05, 0.1) is 6.04 Å². The molecule has 1 atom stereocenters. The third kappa shape index (κ3) is 1.83. The van der Waals surface area contributed by atoms with E-state index in [0.29, 0.717) is 23.2 Å². The molecule has 1 aliphatic carbocycles. The Bertz CT molecular complexity index is 424. The van der Waals surface area contributed by atoms with Gasteiger partial charge in [-0.25, -0.2) is 4.68 Å². The lowest BCUT2D eigenvalue weighted by Crippen LogP contribution is -2.10. The van der Waals surface area contributed by atoms with Crippen LogP contribution in [0.5, 0.6) is 0 Å². The molecule has 2 rings (SSSR count). The van der Waals surface area contributed by atoms with Crippen LogP contribution in [0.25, 0.3) is 0 Å². The summed E-state index contributed by atoms with van der Waals surface area (Å²) in [7, 11) is 0. The van der Waals surface area contributed by atoms with Crippen molar-refractivity contribution >= 4 is 11.6 Å². The summed E-state index contributed by atoms with van der Waals surface area (Å²) in [5, 5.41) is 16.7. The van der Waals surface area contributed by atoms with Crippen molar-refractivity contribution in [2.75, 3.05) is 11.1 Å². The molecule has 1 aromatic heterocycles. The number of anilines is 2. The average molecular weight is 219 g/mol. The lowest BCUT2D eigenvalue weighted by Gasteiger charge is -2.10. The third-order valence-corrected chi connectivity index (χ3v) is 2.99. The van der Waals surface area contributed by atoms with Crippen molar-refractivity contribution in [2.24, 2.45) is 0 Å². The number of nitrogens with one attached hydrogen (secondary N) is 1. The highest BCUT2D eigenvalue weighted by Gasteiger charge is 2.25. The molecule has 1 heterocycles. The lowest BCUT2D eigenvalue weighted by molar-refractivity contribution is 0.486. The van der Waals surface area contributed by atoms with Gasteiger partial charge in [-0.15, -0.1) is 0 Å². The molecule has 5 nitrogen and oxygen atoms in total. The molecule has 1 aromatic rings. The van der Waals surface area contributed by atoms with E-state index in [1.807, 2.05) is 6.92 Å². The summed E-state index contributed by atoms with van der Waals surface area (Å²) in [6.45, 7) is 4.12. The Kier molecular flexibility index (Phi) is 2.73. The van der Waals surface area contributed by atoms with Crippen LogP contribution in [0.3, 0.4) is 0 Å². The fourth-order valence-corrected chi connectivity index (χ4v) is 1.59. The smallest absolute Gasteiger partial charge is 0.168 e. The van der Waals surface area contributed by atoms with E-state index in [2.05, 4.69) is 23.4 Å². The van der Waals surface area contributed by atoms with Crippen LogP contribution in [0.15, 0.2) is 0 Å². The van der Waals surface area contributed by atoms with Gasteiger partial charge in [0.15, 0.2) is 5.82 Å². The second-order valence-corrected chi connectivity index (χ2v) is 4.34. The summed E-state index contributed by atoms with van der Waals surface area (Å²) in [5.41, 5.74) is 6.40. The topological polar surface area (TPSA) is 79.7 Å². The lowest BCUT2D eigenvalue weighted by atomic mass is 10.2. The zero-order valence-corrected chi connectivity index (χ0v) is 9.70. The highest BCUT2D eigenvalue weighted by Crippen LogP contribution is 2.30. The van der Waals surface area contributed by atoms with Crippen LogP contribution < -0.4 is 11.1 Å². The van der Waals surface area contributed by atoms with E-state index in [0.717, 1.165) is 19.3 Å². The fourth-order valence-electron chi connectivity index (χ4n) is 1.59. The van der Waals surface area contributed by atoms with Gasteiger partial charge in [-0.2, -0.15) is 10.4 Å². The third-order valence-electron chi connectivity index (χ3n) is 2.99. The summed E-state index contributed by atoms with van der Waals surface area (Å²) >= 11 is 0. The summed E-state index contributed by atoms with van der Waals surface area (Å²) < 4.78 is 1.74. The molecule has 1 unspecified atom stereocenters. The molecule has 86 valence electrons. The van der Waals surface area contributed by atoms with Crippen molar-refractivity contribution in [2.45, 2.75) is 45.2 Å². The molecule has 0 aromatic carbocycles. The SMILES string of the molecule is CCC(C)n1nc(NC2CC2)c(C#N)c1N. The van der Waals surface area contributed by atoms with Crippen molar-refractivity contribution in [1.29, 1.82) is 5.26 Å². The van der Waals surface area contributed by atoms with E-state index in [-0.39, 0.29) is 6.04 Å². The van der Waals surface area contributed by atoms with Crippen LogP contribution in [0, 0.1) is 11.3 Å². The standard InChI is InChI=1S/C11H17N5/c1-3-7(2)16-10(13)9(6-12)11(15-16)14-8-4-5-8/h7-8H,3-5,13H2,1-2H3,(H,14,15). The van der Waals surface area contributed by atoms with Gasteiger partial charge in [0.1, 0.15) is 17.5 Å². The Balaban J connectivity index is 2.33. The van der Waals surface area contributed by atoms with Crippen molar-refractivity contribution in [3.05, 3.63) is 5.56 Å². The van der Waals surface area contributed by atoms with Crippen LogP contribution in [0.1, 0.15) is 44.7 Å². The van der Waals surface area contributed by atoms with Crippen molar-refractivity contribution < 1.29 is 0 Å². The van der Waals surface area contributed by atoms with Crippen LogP contribution in [0.4, 0.5) is 11.6 Å². The maximum Gasteiger partial charge on any atom is 0.168 e. The largest absolute Gasteiger partial charge is 0.383 e. The molecule has 5 heteroatoms. The van der Waals surface area contributed by atoms with Crippen molar-refractivity contribution in [3.63, 3.8) is 0 Å². The fraction of sp³-hybridized carbons (Fsp3) is 0.636. The van der Waals surface area contributed by atoms with E-state index in [4.69, 9.17) is 11.0 Å². The number of rotatable bonds is 4. The van der Waals surface area contributed by atoms with Gasteiger partial charge >= 0.3 is 0 Å². The molecular weight excluding hydrogens is 202 g/mol. The predicted octanol–water partition coefficient (Wildman–Crippen LogP) is 1.88. The summed E-state index contributed by atoms with van der Waals surface area (Å²) in [6, 6.07) is 2.83. The molecule has 0 saturated heterocycles. The van der Waals surface area contributed by atoms with Gasteiger partial charge in [-0.3, -0.25) is 0 Å². The zero-order valence-electron chi connectivity index (χ0n) is 9.70. The highest BCUT2D eigenvalue weighted by molar-refractivity contribution is 5.64. The summed E-state index contributed by atoms with van der Waals surface area (Å²) in [4.78, 5) is 0. The second kappa shape index (κ2) is 4.05. The maximum atomic E-state index is 9.08. The molecular formula is C11H17N5. The quantitative estimate of drug-likeness (QED) is 0.810. The van der Waals surface area contributed by atoms with Gasteiger partial charge in [0, 0.05) is 6.04 Å². The van der Waals surface area contributed by atoms with Crippen LogP contribution in [-0.2, 0) is 0 Å². The number of nitrogens with two attached hydrogens (primary N) is 1. The zero-order chi connectivity index (χ0) is 11.7. The van der Waals surface area contributed by atoms with Gasteiger partial charge in [-0.05, 0) is 26.2 Å². The normalized spacial score (nSPS) is 16.8. The number of hydrogen-bond acceptors (Lipinski definition) is 4. The predicted molar refractivity (Wildman–Crippen MR) is 63.0 cm³/mol. The Hall–Kier alpha value is -1.70. The minimum Gasteiger partial charge on any atom is -0.383 e. The Morgan fingerprint density at radius 2 is 2.38 bits per heavy atom. The molecule has 0 radical (unpaired) electrons.